The topological polar surface area (TPSA) is 65.5 Å². The molecule has 0 aliphatic carbocycles. The van der Waals surface area contributed by atoms with Crippen LogP contribution in [0.15, 0.2) is 35.3 Å². The molecule has 3 N–H and O–H groups in total. The van der Waals surface area contributed by atoms with Gasteiger partial charge in [-0.05, 0) is 12.1 Å². The first-order chi connectivity index (χ1) is 8.26. The minimum atomic E-state index is -0.0183. The Balaban J connectivity index is 2.27. The molecule has 1 amide bonds. The van der Waals surface area contributed by atoms with Gasteiger partial charge in [0, 0.05) is 32.7 Å². The van der Waals surface area contributed by atoms with E-state index in [9.17, 15) is 4.79 Å². The Bertz CT molecular complexity index is 375. The predicted octanol–water partition coefficient (Wildman–Crippen LogP) is 0.810. The van der Waals surface area contributed by atoms with Crippen molar-refractivity contribution < 1.29 is 4.79 Å². The fourth-order valence-electron chi connectivity index (χ4n) is 1.32. The van der Waals surface area contributed by atoms with Crippen LogP contribution < -0.4 is 16.0 Å². The van der Waals surface area contributed by atoms with E-state index >= 15 is 0 Å². The molecule has 0 heterocycles. The molecule has 1 aromatic carbocycles. The summed E-state index contributed by atoms with van der Waals surface area (Å²) in [5, 5.41) is 8.71. The van der Waals surface area contributed by atoms with Gasteiger partial charge in [0.2, 0.25) is 5.91 Å². The van der Waals surface area contributed by atoms with Crippen molar-refractivity contribution in [2.24, 2.45) is 4.99 Å². The van der Waals surface area contributed by atoms with Gasteiger partial charge < -0.3 is 16.0 Å². The fourth-order valence-corrected chi connectivity index (χ4v) is 1.32. The number of carbonyl (C=O) groups is 1. The Morgan fingerprint density at radius 1 is 1.29 bits per heavy atom. The molecule has 1 rings (SSSR count). The number of nitrogens with one attached hydrogen (secondary N) is 3. The molecule has 0 saturated heterocycles. The molecule has 0 fully saturated rings. The van der Waals surface area contributed by atoms with Crippen molar-refractivity contribution in [3.05, 3.63) is 30.3 Å². The summed E-state index contributed by atoms with van der Waals surface area (Å²) in [5.74, 6) is 0.660. The van der Waals surface area contributed by atoms with Gasteiger partial charge in [-0.15, -0.1) is 0 Å². The van der Waals surface area contributed by atoms with E-state index < -0.39 is 0 Å². The van der Waals surface area contributed by atoms with Crippen molar-refractivity contribution in [2.75, 3.05) is 26.0 Å². The van der Waals surface area contributed by atoms with E-state index in [0.717, 1.165) is 5.69 Å². The van der Waals surface area contributed by atoms with E-state index in [1.807, 2.05) is 30.3 Å². The van der Waals surface area contributed by atoms with Gasteiger partial charge >= 0.3 is 0 Å². The summed E-state index contributed by atoms with van der Waals surface area (Å²) >= 11 is 0. The molecule has 0 spiro atoms. The first-order valence-electron chi connectivity index (χ1n) is 5.49. The lowest BCUT2D eigenvalue weighted by atomic mass is 10.3. The number of benzene rings is 1. The molecule has 0 unspecified atom stereocenters. The van der Waals surface area contributed by atoms with Crippen LogP contribution in [0.3, 0.4) is 0 Å². The van der Waals surface area contributed by atoms with E-state index in [2.05, 4.69) is 20.9 Å². The monoisotopic (exact) mass is 234 g/mol. The van der Waals surface area contributed by atoms with Crippen molar-refractivity contribution in [1.82, 2.24) is 10.6 Å². The van der Waals surface area contributed by atoms with E-state index in [-0.39, 0.29) is 5.91 Å². The Hall–Kier alpha value is -2.04. The molecule has 0 aromatic heterocycles. The number of carbonyl (C=O) groups excluding carboxylic acids is 1. The summed E-state index contributed by atoms with van der Waals surface area (Å²) < 4.78 is 0. The lowest BCUT2D eigenvalue weighted by Crippen LogP contribution is -2.36. The largest absolute Gasteiger partial charge is 0.359 e. The van der Waals surface area contributed by atoms with Crippen LogP contribution in [0.2, 0.25) is 0 Å². The molecule has 0 aliphatic heterocycles. The maximum atomic E-state index is 11.6. The van der Waals surface area contributed by atoms with Gasteiger partial charge in [-0.3, -0.25) is 9.79 Å². The zero-order chi connectivity index (χ0) is 12.5. The average molecular weight is 234 g/mol. The maximum Gasteiger partial charge on any atom is 0.226 e. The van der Waals surface area contributed by atoms with Crippen LogP contribution >= 0.6 is 0 Å². The molecule has 0 radical (unpaired) electrons. The van der Waals surface area contributed by atoms with Crippen LogP contribution in [0.1, 0.15) is 6.42 Å². The Morgan fingerprint density at radius 2 is 2.00 bits per heavy atom. The number of rotatable bonds is 4. The molecular weight excluding hydrogens is 216 g/mol. The number of amides is 1. The second kappa shape index (κ2) is 7.27. The second-order valence-electron chi connectivity index (χ2n) is 3.41. The number of hydrogen-bond donors (Lipinski definition) is 3. The van der Waals surface area contributed by atoms with Gasteiger partial charge in [0.1, 0.15) is 0 Å². The van der Waals surface area contributed by atoms with Gasteiger partial charge in [0.25, 0.3) is 0 Å². The quantitative estimate of drug-likeness (QED) is 0.533. The Morgan fingerprint density at radius 3 is 2.59 bits per heavy atom. The number of aliphatic imine (C=N–C) groups is 1. The maximum absolute atomic E-state index is 11.6. The third-order valence-electron chi connectivity index (χ3n) is 2.16. The first-order valence-corrected chi connectivity index (χ1v) is 5.49. The van der Waals surface area contributed by atoms with E-state index in [1.54, 1.807) is 14.1 Å². The molecule has 5 nitrogen and oxygen atoms in total. The summed E-state index contributed by atoms with van der Waals surface area (Å²) in [6.07, 6.45) is 0.398. The van der Waals surface area contributed by atoms with Crippen molar-refractivity contribution in [3.8, 4) is 0 Å². The molecule has 0 saturated carbocycles. The highest BCUT2D eigenvalue weighted by molar-refractivity contribution is 5.91. The zero-order valence-corrected chi connectivity index (χ0v) is 10.2. The molecule has 0 aliphatic rings. The van der Waals surface area contributed by atoms with Crippen molar-refractivity contribution >= 4 is 17.6 Å². The Kier molecular flexibility index (Phi) is 5.57. The minimum absolute atomic E-state index is 0.0183. The van der Waals surface area contributed by atoms with Gasteiger partial charge in [-0.25, -0.2) is 0 Å². The lowest BCUT2D eigenvalue weighted by molar-refractivity contribution is -0.116. The van der Waals surface area contributed by atoms with Crippen LogP contribution in [0.5, 0.6) is 0 Å². The molecule has 0 atom stereocenters. The smallest absolute Gasteiger partial charge is 0.226 e. The summed E-state index contributed by atoms with van der Waals surface area (Å²) in [6.45, 7) is 0.548. The molecule has 92 valence electrons. The number of para-hydroxylation sites is 1. The number of hydrogen-bond acceptors (Lipinski definition) is 2. The third-order valence-corrected chi connectivity index (χ3v) is 2.16. The number of anilines is 1. The molecule has 1 aromatic rings. The van der Waals surface area contributed by atoms with Crippen LogP contribution in [0.4, 0.5) is 5.69 Å². The van der Waals surface area contributed by atoms with Gasteiger partial charge in [0.05, 0.1) is 0 Å². The van der Waals surface area contributed by atoms with Crippen LogP contribution in [-0.2, 0) is 4.79 Å². The Labute approximate surface area is 101 Å². The highest BCUT2D eigenvalue weighted by Crippen LogP contribution is 2.04. The van der Waals surface area contributed by atoms with E-state index in [1.165, 1.54) is 0 Å². The van der Waals surface area contributed by atoms with Crippen LogP contribution in [0, 0.1) is 0 Å². The SMILES string of the molecule is CN=C(NC)NCCC(=O)Nc1ccccc1. The van der Waals surface area contributed by atoms with Crippen LogP contribution in [0.25, 0.3) is 0 Å². The highest BCUT2D eigenvalue weighted by Gasteiger charge is 2.01. The van der Waals surface area contributed by atoms with E-state index in [0.29, 0.717) is 18.9 Å². The summed E-state index contributed by atoms with van der Waals surface area (Å²) in [6, 6.07) is 9.40. The predicted molar refractivity (Wildman–Crippen MR) is 70.1 cm³/mol. The second-order valence-corrected chi connectivity index (χ2v) is 3.41. The molecule has 0 bridgehead atoms. The minimum Gasteiger partial charge on any atom is -0.359 e. The summed E-state index contributed by atoms with van der Waals surface area (Å²) in [7, 11) is 3.46. The molecular formula is C12H18N4O. The summed E-state index contributed by atoms with van der Waals surface area (Å²) in [5.41, 5.74) is 0.815. The van der Waals surface area contributed by atoms with Gasteiger partial charge in [-0.2, -0.15) is 0 Å². The average Bonchev–Trinajstić information content (AvgIpc) is 2.36. The van der Waals surface area contributed by atoms with Gasteiger partial charge in [0.15, 0.2) is 5.96 Å². The van der Waals surface area contributed by atoms with E-state index in [4.69, 9.17) is 0 Å². The molecule has 17 heavy (non-hydrogen) atoms. The lowest BCUT2D eigenvalue weighted by Gasteiger charge is -2.08. The fraction of sp³-hybridized carbons (Fsp3) is 0.333. The normalized spacial score (nSPS) is 10.8. The van der Waals surface area contributed by atoms with Gasteiger partial charge in [-0.1, -0.05) is 18.2 Å². The highest BCUT2D eigenvalue weighted by atomic mass is 16.1. The van der Waals surface area contributed by atoms with Crippen LogP contribution in [-0.4, -0.2) is 32.5 Å². The van der Waals surface area contributed by atoms with Crippen molar-refractivity contribution in [2.45, 2.75) is 6.42 Å². The molecule has 5 heteroatoms. The zero-order valence-electron chi connectivity index (χ0n) is 10.2. The van der Waals surface area contributed by atoms with Crippen molar-refractivity contribution in [3.63, 3.8) is 0 Å². The third kappa shape index (κ3) is 5.01. The number of nitrogens with zero attached hydrogens (tertiary/aromatic N) is 1. The van der Waals surface area contributed by atoms with Crippen molar-refractivity contribution in [1.29, 1.82) is 0 Å². The standard InChI is InChI=1S/C12H18N4O/c1-13-12(14-2)15-9-8-11(17)16-10-6-4-3-5-7-10/h3-7H,8-9H2,1-2H3,(H,16,17)(H2,13,14,15). The summed E-state index contributed by atoms with van der Waals surface area (Å²) in [4.78, 5) is 15.5. The number of guanidine groups is 1. The first kappa shape index (κ1) is 13.0.